The normalized spacial score (nSPS) is 16.1. The molecule has 2 nitrogen and oxygen atoms in total. The minimum absolute atomic E-state index is 0.0438. The highest BCUT2D eigenvalue weighted by molar-refractivity contribution is 5.52. The average molecular weight is 303 g/mol. The van der Waals surface area contributed by atoms with Crippen LogP contribution in [0.2, 0.25) is 0 Å². The third-order valence-corrected chi connectivity index (χ3v) is 3.69. The number of fused-ring (bicyclic) bond motifs is 1. The van der Waals surface area contributed by atoms with Gasteiger partial charge in [0.2, 0.25) is 0 Å². The van der Waals surface area contributed by atoms with Gasteiger partial charge in [-0.2, -0.15) is 0 Å². The van der Waals surface area contributed by atoms with Crippen molar-refractivity contribution in [3.63, 3.8) is 0 Å². The van der Waals surface area contributed by atoms with Crippen LogP contribution in [0.3, 0.4) is 0 Å². The summed E-state index contributed by atoms with van der Waals surface area (Å²) in [7, 11) is 0. The van der Waals surface area contributed by atoms with Crippen LogP contribution >= 0.6 is 0 Å². The van der Waals surface area contributed by atoms with Gasteiger partial charge in [-0.25, -0.2) is 13.2 Å². The Morgan fingerprint density at radius 1 is 1.14 bits per heavy atom. The van der Waals surface area contributed by atoms with Crippen molar-refractivity contribution in [1.29, 1.82) is 0 Å². The summed E-state index contributed by atoms with van der Waals surface area (Å²) in [5, 5.41) is 12.8. The van der Waals surface area contributed by atoms with Crippen molar-refractivity contribution in [2.45, 2.75) is 19.7 Å². The number of rotatable bonds is 0. The van der Waals surface area contributed by atoms with E-state index in [1.54, 1.807) is 12.1 Å². The van der Waals surface area contributed by atoms with Crippen molar-refractivity contribution in [2.24, 2.45) is 0 Å². The first-order valence-corrected chi connectivity index (χ1v) is 6.68. The van der Waals surface area contributed by atoms with Crippen LogP contribution in [0.5, 0.6) is 0 Å². The fourth-order valence-corrected chi connectivity index (χ4v) is 2.46. The zero-order valence-corrected chi connectivity index (χ0v) is 11.7. The lowest BCUT2D eigenvalue weighted by atomic mass is 10.0. The Balaban J connectivity index is 2.07. The Morgan fingerprint density at radius 3 is 2.64 bits per heavy atom. The van der Waals surface area contributed by atoms with Gasteiger partial charge in [0.1, 0.15) is 6.23 Å². The molecule has 1 unspecified atom stereocenters. The van der Waals surface area contributed by atoms with Gasteiger partial charge in [-0.1, -0.05) is 24.0 Å². The van der Waals surface area contributed by atoms with E-state index in [2.05, 4.69) is 17.2 Å². The molecule has 1 atom stereocenters. The summed E-state index contributed by atoms with van der Waals surface area (Å²) in [6.07, 6.45) is -0.816. The highest BCUT2D eigenvalue weighted by atomic mass is 19.2. The molecular formula is C17H12F3NO. The maximum atomic E-state index is 13.5. The van der Waals surface area contributed by atoms with Gasteiger partial charge < -0.3 is 5.11 Å². The summed E-state index contributed by atoms with van der Waals surface area (Å²) in [4.78, 5) is 0. The molecule has 1 heterocycles. The Bertz CT molecular complexity index is 821. The number of aliphatic hydroxyl groups is 1. The van der Waals surface area contributed by atoms with Crippen LogP contribution in [0.1, 0.15) is 34.0 Å². The standard InChI is InChI=1S/C17H12F3NO/c1-9-11(7-13(18)16(20)15(9)19)6-5-10-3-2-4-12-8-21-17(22)14(10)12/h2-4,7,17,21-22H,8H2,1H3. The van der Waals surface area contributed by atoms with Gasteiger partial charge in [0, 0.05) is 28.8 Å². The molecule has 22 heavy (non-hydrogen) atoms. The number of benzene rings is 2. The largest absolute Gasteiger partial charge is 0.374 e. The van der Waals surface area contributed by atoms with Crippen LogP contribution < -0.4 is 5.32 Å². The van der Waals surface area contributed by atoms with E-state index in [4.69, 9.17) is 0 Å². The van der Waals surface area contributed by atoms with Crippen LogP contribution in [-0.2, 0) is 6.54 Å². The topological polar surface area (TPSA) is 32.3 Å². The Kier molecular flexibility index (Phi) is 3.65. The number of hydrogen-bond donors (Lipinski definition) is 2. The van der Waals surface area contributed by atoms with Crippen LogP contribution in [-0.4, -0.2) is 5.11 Å². The minimum atomic E-state index is -1.50. The summed E-state index contributed by atoms with van der Waals surface area (Å²) in [5.41, 5.74) is 2.19. The molecule has 3 rings (SSSR count). The molecule has 0 aliphatic carbocycles. The van der Waals surface area contributed by atoms with Gasteiger partial charge in [-0.05, 0) is 24.6 Å². The predicted molar refractivity (Wildman–Crippen MR) is 75.3 cm³/mol. The summed E-state index contributed by atoms with van der Waals surface area (Å²) in [6, 6.07) is 6.25. The second kappa shape index (κ2) is 5.48. The van der Waals surface area contributed by atoms with Gasteiger partial charge in [-0.15, -0.1) is 0 Å². The van der Waals surface area contributed by atoms with Crippen molar-refractivity contribution in [3.8, 4) is 11.8 Å². The molecule has 0 saturated heterocycles. The second-order valence-corrected chi connectivity index (χ2v) is 5.07. The highest BCUT2D eigenvalue weighted by Gasteiger charge is 2.21. The molecule has 0 bridgehead atoms. The molecule has 2 N–H and O–H groups in total. The van der Waals surface area contributed by atoms with E-state index in [1.807, 2.05) is 6.07 Å². The van der Waals surface area contributed by atoms with E-state index < -0.39 is 23.7 Å². The Morgan fingerprint density at radius 2 is 1.86 bits per heavy atom. The van der Waals surface area contributed by atoms with Crippen molar-refractivity contribution >= 4 is 0 Å². The smallest absolute Gasteiger partial charge is 0.194 e. The molecule has 2 aromatic carbocycles. The molecule has 1 aliphatic heterocycles. The van der Waals surface area contributed by atoms with Gasteiger partial charge in [-0.3, -0.25) is 5.32 Å². The number of halogens is 3. The molecule has 1 aliphatic rings. The number of nitrogens with one attached hydrogen (secondary N) is 1. The molecule has 0 aromatic heterocycles. The van der Waals surface area contributed by atoms with E-state index in [-0.39, 0.29) is 11.1 Å². The first kappa shape index (κ1) is 14.6. The minimum Gasteiger partial charge on any atom is -0.374 e. The maximum Gasteiger partial charge on any atom is 0.194 e. The molecule has 112 valence electrons. The summed E-state index contributed by atoms with van der Waals surface area (Å²) >= 11 is 0. The molecular weight excluding hydrogens is 291 g/mol. The predicted octanol–water partition coefficient (Wildman–Crippen LogP) is 2.91. The molecule has 0 fully saturated rings. The zero-order valence-electron chi connectivity index (χ0n) is 11.7. The number of aliphatic hydroxyl groups excluding tert-OH is 1. The van der Waals surface area contributed by atoms with E-state index in [0.29, 0.717) is 17.7 Å². The van der Waals surface area contributed by atoms with Gasteiger partial charge in [0.05, 0.1) is 0 Å². The maximum absolute atomic E-state index is 13.5. The molecule has 0 amide bonds. The quantitative estimate of drug-likeness (QED) is 0.579. The van der Waals surface area contributed by atoms with Gasteiger partial charge >= 0.3 is 0 Å². The van der Waals surface area contributed by atoms with E-state index in [1.165, 1.54) is 6.92 Å². The van der Waals surface area contributed by atoms with Crippen molar-refractivity contribution in [3.05, 3.63) is 69.5 Å². The summed E-state index contributed by atoms with van der Waals surface area (Å²) in [5.74, 6) is 1.45. The first-order chi connectivity index (χ1) is 10.5. The summed E-state index contributed by atoms with van der Waals surface area (Å²) in [6.45, 7) is 1.87. The highest BCUT2D eigenvalue weighted by Crippen LogP contribution is 2.26. The first-order valence-electron chi connectivity index (χ1n) is 6.68. The SMILES string of the molecule is Cc1c(C#Cc2cccc3c2C(O)NC3)cc(F)c(F)c1F. The lowest BCUT2D eigenvalue weighted by Gasteiger charge is -2.06. The van der Waals surface area contributed by atoms with E-state index >= 15 is 0 Å². The molecule has 2 aromatic rings. The average Bonchev–Trinajstić information content (AvgIpc) is 2.90. The lowest BCUT2D eigenvalue weighted by Crippen LogP contribution is -2.10. The fraction of sp³-hybridized carbons (Fsp3) is 0.176. The molecule has 5 heteroatoms. The van der Waals surface area contributed by atoms with Crippen molar-refractivity contribution in [1.82, 2.24) is 5.32 Å². The Hall–Kier alpha value is -2.29. The summed E-state index contributed by atoms with van der Waals surface area (Å²) < 4.78 is 39.9. The third kappa shape index (κ3) is 2.37. The van der Waals surface area contributed by atoms with Gasteiger partial charge in [0.25, 0.3) is 0 Å². The monoisotopic (exact) mass is 303 g/mol. The van der Waals surface area contributed by atoms with Crippen LogP contribution in [0.4, 0.5) is 13.2 Å². The van der Waals surface area contributed by atoms with Crippen LogP contribution in [0, 0.1) is 36.2 Å². The zero-order chi connectivity index (χ0) is 15.9. The van der Waals surface area contributed by atoms with E-state index in [9.17, 15) is 18.3 Å². The third-order valence-electron chi connectivity index (χ3n) is 3.69. The fourth-order valence-electron chi connectivity index (χ4n) is 2.46. The van der Waals surface area contributed by atoms with Crippen molar-refractivity contribution < 1.29 is 18.3 Å². The molecule has 0 spiro atoms. The molecule has 0 saturated carbocycles. The lowest BCUT2D eigenvalue weighted by molar-refractivity contribution is 0.151. The van der Waals surface area contributed by atoms with Crippen molar-refractivity contribution in [2.75, 3.05) is 0 Å². The second-order valence-electron chi connectivity index (χ2n) is 5.07. The van der Waals surface area contributed by atoms with Gasteiger partial charge in [0.15, 0.2) is 17.5 Å². The van der Waals surface area contributed by atoms with Crippen LogP contribution in [0.25, 0.3) is 0 Å². The van der Waals surface area contributed by atoms with Crippen LogP contribution in [0.15, 0.2) is 24.3 Å². The Labute approximate surface area is 125 Å². The number of hydrogen-bond acceptors (Lipinski definition) is 2. The van der Waals surface area contributed by atoms with E-state index in [0.717, 1.165) is 11.6 Å². The molecule has 0 radical (unpaired) electrons.